The number of benzene rings is 1. The summed E-state index contributed by atoms with van der Waals surface area (Å²) < 4.78 is 11.2. The molecule has 1 aromatic carbocycles. The van der Waals surface area contributed by atoms with Gasteiger partial charge in [-0.2, -0.15) is 0 Å². The lowest BCUT2D eigenvalue weighted by Gasteiger charge is -2.14. The van der Waals surface area contributed by atoms with Crippen molar-refractivity contribution in [1.29, 1.82) is 0 Å². The summed E-state index contributed by atoms with van der Waals surface area (Å²) in [6.07, 6.45) is 0. The molecule has 0 saturated heterocycles. The molecule has 1 rings (SSSR count). The maximum Gasteiger partial charge on any atom is 0.127 e. The van der Waals surface area contributed by atoms with Gasteiger partial charge in [-0.05, 0) is 31.4 Å². The lowest BCUT2D eigenvalue weighted by molar-refractivity contribution is 0.0815. The quantitative estimate of drug-likeness (QED) is 0.611. The Morgan fingerprint density at radius 2 is 1.88 bits per heavy atom. The van der Waals surface area contributed by atoms with Crippen molar-refractivity contribution in [3.63, 3.8) is 0 Å². The van der Waals surface area contributed by atoms with E-state index >= 15 is 0 Å². The molecular formula is C14H23NO2. The Kier molecular flexibility index (Phi) is 5.29. The minimum Gasteiger partial charge on any atom is -0.491 e. The van der Waals surface area contributed by atoms with Gasteiger partial charge in [-0.1, -0.05) is 19.9 Å². The van der Waals surface area contributed by atoms with Gasteiger partial charge >= 0.3 is 0 Å². The molecular weight excluding hydrogens is 214 g/mol. The van der Waals surface area contributed by atoms with Gasteiger partial charge in [-0.25, -0.2) is 0 Å². The van der Waals surface area contributed by atoms with Crippen molar-refractivity contribution in [2.24, 2.45) is 5.92 Å². The molecule has 2 N–H and O–H groups in total. The Bertz CT molecular complexity index is 361. The summed E-state index contributed by atoms with van der Waals surface area (Å²) in [5, 5.41) is 0. The van der Waals surface area contributed by atoms with Crippen molar-refractivity contribution in [1.82, 2.24) is 0 Å². The van der Waals surface area contributed by atoms with Gasteiger partial charge in [0, 0.05) is 17.9 Å². The highest BCUT2D eigenvalue weighted by atomic mass is 16.5. The lowest BCUT2D eigenvalue weighted by Crippen LogP contribution is -2.11. The highest BCUT2D eigenvalue weighted by Gasteiger charge is 2.06. The molecule has 0 spiro atoms. The third-order valence-electron chi connectivity index (χ3n) is 2.57. The van der Waals surface area contributed by atoms with Crippen LogP contribution in [-0.4, -0.2) is 19.8 Å². The zero-order chi connectivity index (χ0) is 12.8. The topological polar surface area (TPSA) is 44.5 Å². The highest BCUT2D eigenvalue weighted by Crippen LogP contribution is 2.27. The van der Waals surface area contributed by atoms with Gasteiger partial charge in [0.15, 0.2) is 0 Å². The van der Waals surface area contributed by atoms with Crippen LogP contribution in [0, 0.1) is 19.8 Å². The monoisotopic (exact) mass is 237 g/mol. The van der Waals surface area contributed by atoms with E-state index in [1.165, 1.54) is 0 Å². The number of aryl methyl sites for hydroxylation is 1. The Hall–Kier alpha value is -1.22. The molecule has 0 heterocycles. The van der Waals surface area contributed by atoms with E-state index in [9.17, 15) is 0 Å². The fourth-order valence-corrected chi connectivity index (χ4v) is 1.59. The molecule has 0 aromatic heterocycles. The van der Waals surface area contributed by atoms with Crippen LogP contribution in [0.3, 0.4) is 0 Å². The number of nitrogen functional groups attached to an aromatic ring is 1. The van der Waals surface area contributed by atoms with E-state index < -0.39 is 0 Å². The van der Waals surface area contributed by atoms with E-state index in [4.69, 9.17) is 15.2 Å². The van der Waals surface area contributed by atoms with Gasteiger partial charge in [0.05, 0.1) is 6.61 Å². The van der Waals surface area contributed by atoms with E-state index in [1.807, 2.05) is 26.0 Å². The minimum atomic E-state index is 0.561. The molecule has 0 bridgehead atoms. The molecule has 0 aliphatic carbocycles. The zero-order valence-electron chi connectivity index (χ0n) is 11.2. The Labute approximate surface area is 104 Å². The van der Waals surface area contributed by atoms with Crippen LogP contribution in [0.1, 0.15) is 25.0 Å². The van der Waals surface area contributed by atoms with Crippen LogP contribution in [0.25, 0.3) is 0 Å². The van der Waals surface area contributed by atoms with Gasteiger partial charge in [-0.3, -0.25) is 0 Å². The number of nitrogens with two attached hydrogens (primary N) is 1. The van der Waals surface area contributed by atoms with Crippen LogP contribution in [0.2, 0.25) is 0 Å². The number of ether oxygens (including phenoxy) is 2. The summed E-state index contributed by atoms with van der Waals surface area (Å²) in [6.45, 7) is 10.2. The van der Waals surface area contributed by atoms with Crippen molar-refractivity contribution in [2.75, 3.05) is 25.6 Å². The van der Waals surface area contributed by atoms with Crippen LogP contribution in [0.5, 0.6) is 5.75 Å². The lowest BCUT2D eigenvalue weighted by atomic mass is 10.1. The van der Waals surface area contributed by atoms with Crippen LogP contribution < -0.4 is 10.5 Å². The average molecular weight is 237 g/mol. The summed E-state index contributed by atoms with van der Waals surface area (Å²) in [6, 6.07) is 3.89. The fraction of sp³-hybridized carbons (Fsp3) is 0.571. The fourth-order valence-electron chi connectivity index (χ4n) is 1.59. The van der Waals surface area contributed by atoms with Crippen molar-refractivity contribution >= 4 is 5.69 Å². The van der Waals surface area contributed by atoms with Crippen LogP contribution in [0.15, 0.2) is 12.1 Å². The summed E-state index contributed by atoms with van der Waals surface area (Å²) in [4.78, 5) is 0. The molecule has 0 amide bonds. The Morgan fingerprint density at radius 3 is 2.53 bits per heavy atom. The normalized spacial score (nSPS) is 10.9. The average Bonchev–Trinajstić information content (AvgIpc) is 2.27. The molecule has 17 heavy (non-hydrogen) atoms. The first kappa shape index (κ1) is 13.8. The van der Waals surface area contributed by atoms with E-state index in [0.29, 0.717) is 19.1 Å². The number of hydrogen-bond donors (Lipinski definition) is 1. The molecule has 0 aliphatic rings. The Morgan fingerprint density at radius 1 is 1.18 bits per heavy atom. The second kappa shape index (κ2) is 6.50. The van der Waals surface area contributed by atoms with Crippen LogP contribution >= 0.6 is 0 Å². The number of hydrogen-bond acceptors (Lipinski definition) is 3. The van der Waals surface area contributed by atoms with Crippen molar-refractivity contribution in [3.8, 4) is 5.75 Å². The van der Waals surface area contributed by atoms with Gasteiger partial charge in [0.25, 0.3) is 0 Å². The smallest absolute Gasteiger partial charge is 0.127 e. The predicted molar refractivity (Wildman–Crippen MR) is 71.5 cm³/mol. The van der Waals surface area contributed by atoms with Crippen LogP contribution in [-0.2, 0) is 4.74 Å². The molecule has 1 aromatic rings. The number of rotatable bonds is 6. The molecule has 0 unspecified atom stereocenters. The SMILES string of the molecule is Cc1ccc(N)c(C)c1OCCOCC(C)C. The molecule has 0 radical (unpaired) electrons. The van der Waals surface area contributed by atoms with Gasteiger partial charge in [0.1, 0.15) is 12.4 Å². The first-order chi connectivity index (χ1) is 8.02. The standard InChI is InChI=1S/C14H23NO2/c1-10(2)9-16-7-8-17-14-11(3)5-6-13(15)12(14)4/h5-6,10H,7-9,15H2,1-4H3. The first-order valence-electron chi connectivity index (χ1n) is 6.08. The maximum absolute atomic E-state index is 5.85. The molecule has 0 fully saturated rings. The summed E-state index contributed by atoms with van der Waals surface area (Å²) in [7, 11) is 0. The first-order valence-corrected chi connectivity index (χ1v) is 6.08. The largest absolute Gasteiger partial charge is 0.491 e. The molecule has 96 valence electrons. The highest BCUT2D eigenvalue weighted by molar-refractivity contribution is 5.56. The van der Waals surface area contributed by atoms with E-state index in [0.717, 1.165) is 29.2 Å². The van der Waals surface area contributed by atoms with E-state index in [-0.39, 0.29) is 0 Å². The number of anilines is 1. The second-order valence-corrected chi connectivity index (χ2v) is 4.74. The van der Waals surface area contributed by atoms with Gasteiger partial charge in [0.2, 0.25) is 0 Å². The maximum atomic E-state index is 5.85. The van der Waals surface area contributed by atoms with Crippen LogP contribution in [0.4, 0.5) is 5.69 Å². The predicted octanol–water partition coefficient (Wildman–Crippen LogP) is 2.94. The van der Waals surface area contributed by atoms with Gasteiger partial charge in [-0.15, -0.1) is 0 Å². The van der Waals surface area contributed by atoms with Crippen molar-refractivity contribution < 1.29 is 9.47 Å². The van der Waals surface area contributed by atoms with E-state index in [2.05, 4.69) is 13.8 Å². The third-order valence-corrected chi connectivity index (χ3v) is 2.57. The zero-order valence-corrected chi connectivity index (χ0v) is 11.2. The Balaban J connectivity index is 2.44. The molecule has 3 heteroatoms. The molecule has 0 atom stereocenters. The van der Waals surface area contributed by atoms with Crippen molar-refractivity contribution in [3.05, 3.63) is 23.3 Å². The molecule has 3 nitrogen and oxygen atoms in total. The second-order valence-electron chi connectivity index (χ2n) is 4.74. The molecule has 0 aliphatic heterocycles. The summed E-state index contributed by atoms with van der Waals surface area (Å²) >= 11 is 0. The van der Waals surface area contributed by atoms with Gasteiger partial charge < -0.3 is 15.2 Å². The summed E-state index contributed by atoms with van der Waals surface area (Å²) in [5.74, 6) is 1.45. The molecule has 0 saturated carbocycles. The van der Waals surface area contributed by atoms with E-state index in [1.54, 1.807) is 0 Å². The third kappa shape index (κ3) is 4.27. The van der Waals surface area contributed by atoms with Crippen molar-refractivity contribution in [2.45, 2.75) is 27.7 Å². The summed E-state index contributed by atoms with van der Waals surface area (Å²) in [5.41, 5.74) is 8.74. The minimum absolute atomic E-state index is 0.561.